The molecule has 5 nitrogen and oxygen atoms in total. The molecule has 2 rings (SSSR count). The molecule has 1 aliphatic rings. The van der Waals surface area contributed by atoms with Gasteiger partial charge in [-0.15, -0.1) is 0 Å². The van der Waals surface area contributed by atoms with Crippen LogP contribution in [0.4, 0.5) is 0 Å². The number of aromatic nitrogens is 2. The molecule has 0 atom stereocenters. The number of rotatable bonds is 6. The number of imidazole rings is 1. The van der Waals surface area contributed by atoms with Crippen LogP contribution < -0.4 is 5.32 Å². The van der Waals surface area contributed by atoms with E-state index < -0.39 is 0 Å². The van der Waals surface area contributed by atoms with Gasteiger partial charge in [0.2, 0.25) is 5.91 Å². The second kappa shape index (κ2) is 7.59. The Morgan fingerprint density at radius 3 is 2.71 bits per heavy atom. The average Bonchev–Trinajstić information content (AvgIpc) is 2.83. The van der Waals surface area contributed by atoms with Gasteiger partial charge in [0.25, 0.3) is 0 Å². The zero-order valence-electron chi connectivity index (χ0n) is 13.5. The van der Waals surface area contributed by atoms with Gasteiger partial charge in [0.1, 0.15) is 5.82 Å². The van der Waals surface area contributed by atoms with Crippen molar-refractivity contribution in [1.29, 1.82) is 0 Å². The highest BCUT2D eigenvalue weighted by atomic mass is 16.1. The Labute approximate surface area is 127 Å². The summed E-state index contributed by atoms with van der Waals surface area (Å²) < 4.78 is 2.11. The molecular weight excluding hydrogens is 264 g/mol. The fourth-order valence-corrected chi connectivity index (χ4v) is 2.92. The lowest BCUT2D eigenvalue weighted by Gasteiger charge is -2.31. The van der Waals surface area contributed by atoms with Crippen molar-refractivity contribution in [2.45, 2.75) is 45.6 Å². The van der Waals surface area contributed by atoms with Crippen LogP contribution in [0.15, 0.2) is 12.4 Å². The Morgan fingerprint density at radius 1 is 1.43 bits per heavy atom. The van der Waals surface area contributed by atoms with Crippen LogP contribution in [0.2, 0.25) is 0 Å². The summed E-state index contributed by atoms with van der Waals surface area (Å²) in [6.07, 6.45) is 7.99. The fourth-order valence-electron chi connectivity index (χ4n) is 2.92. The van der Waals surface area contributed by atoms with Gasteiger partial charge in [0.05, 0.1) is 0 Å². The molecule has 1 aromatic heterocycles. The fraction of sp³-hybridized carbons (Fsp3) is 0.750. The van der Waals surface area contributed by atoms with Gasteiger partial charge in [-0.25, -0.2) is 4.98 Å². The third-order valence-electron chi connectivity index (χ3n) is 4.20. The summed E-state index contributed by atoms with van der Waals surface area (Å²) in [6, 6.07) is 0.237. The number of carbonyl (C=O) groups excluding carboxylic acids is 1. The van der Waals surface area contributed by atoms with Crippen molar-refractivity contribution in [3.8, 4) is 0 Å². The molecule has 1 saturated heterocycles. The predicted octanol–water partition coefficient (Wildman–Crippen LogP) is 1.59. The maximum absolute atomic E-state index is 11.7. The molecule has 0 aliphatic carbocycles. The van der Waals surface area contributed by atoms with Gasteiger partial charge in [0.15, 0.2) is 0 Å². The lowest BCUT2D eigenvalue weighted by atomic mass is 9.93. The lowest BCUT2D eigenvalue weighted by molar-refractivity contribution is -0.122. The first-order valence-electron chi connectivity index (χ1n) is 8.02. The monoisotopic (exact) mass is 292 g/mol. The van der Waals surface area contributed by atoms with Crippen molar-refractivity contribution in [2.24, 2.45) is 13.0 Å². The summed E-state index contributed by atoms with van der Waals surface area (Å²) in [5.74, 6) is 2.08. The standard InChI is InChI=1S/C16H28N4O/c1-13(2)18-16(21)6-10-20-8-4-14(5-9-20)12-15-17-7-11-19(15)3/h7,11,13-14H,4-6,8-10,12H2,1-3H3,(H,18,21). The van der Waals surface area contributed by atoms with Crippen LogP contribution >= 0.6 is 0 Å². The first kappa shape index (κ1) is 16.0. The lowest BCUT2D eigenvalue weighted by Crippen LogP contribution is -2.38. The molecule has 0 saturated carbocycles. The average molecular weight is 292 g/mol. The predicted molar refractivity (Wildman–Crippen MR) is 84.0 cm³/mol. The van der Waals surface area contributed by atoms with Crippen molar-refractivity contribution in [1.82, 2.24) is 19.8 Å². The van der Waals surface area contributed by atoms with E-state index in [4.69, 9.17) is 0 Å². The highest BCUT2D eigenvalue weighted by Crippen LogP contribution is 2.20. The van der Waals surface area contributed by atoms with E-state index in [1.165, 1.54) is 18.7 Å². The van der Waals surface area contributed by atoms with E-state index in [2.05, 4.69) is 26.8 Å². The minimum atomic E-state index is 0.167. The van der Waals surface area contributed by atoms with Crippen LogP contribution in [0.1, 0.15) is 38.9 Å². The first-order chi connectivity index (χ1) is 10.0. The topological polar surface area (TPSA) is 50.2 Å². The molecule has 0 radical (unpaired) electrons. The zero-order valence-corrected chi connectivity index (χ0v) is 13.5. The van der Waals surface area contributed by atoms with Crippen LogP contribution in [-0.2, 0) is 18.3 Å². The molecule has 2 heterocycles. The minimum Gasteiger partial charge on any atom is -0.354 e. The smallest absolute Gasteiger partial charge is 0.221 e. The molecule has 0 bridgehead atoms. The van der Waals surface area contributed by atoms with Crippen LogP contribution in [0.3, 0.4) is 0 Å². The van der Waals surface area contributed by atoms with E-state index >= 15 is 0 Å². The summed E-state index contributed by atoms with van der Waals surface area (Å²) in [5.41, 5.74) is 0. The Bertz CT molecular complexity index is 447. The molecule has 1 aromatic rings. The van der Waals surface area contributed by atoms with Crippen molar-refractivity contribution >= 4 is 5.91 Å². The SMILES string of the molecule is CC(C)NC(=O)CCN1CCC(Cc2nccn2C)CC1. The van der Waals surface area contributed by atoms with Crippen molar-refractivity contribution in [3.63, 3.8) is 0 Å². The Morgan fingerprint density at radius 2 is 2.14 bits per heavy atom. The highest BCUT2D eigenvalue weighted by molar-refractivity contribution is 5.76. The van der Waals surface area contributed by atoms with E-state index in [-0.39, 0.29) is 11.9 Å². The van der Waals surface area contributed by atoms with E-state index in [1.807, 2.05) is 26.2 Å². The molecule has 0 aromatic carbocycles. The molecule has 1 amide bonds. The van der Waals surface area contributed by atoms with Gasteiger partial charge >= 0.3 is 0 Å². The largest absolute Gasteiger partial charge is 0.354 e. The molecule has 1 N–H and O–H groups in total. The number of hydrogen-bond donors (Lipinski definition) is 1. The zero-order chi connectivity index (χ0) is 15.2. The van der Waals surface area contributed by atoms with Crippen LogP contribution in [0.5, 0.6) is 0 Å². The van der Waals surface area contributed by atoms with Crippen LogP contribution in [0, 0.1) is 5.92 Å². The van der Waals surface area contributed by atoms with E-state index in [0.717, 1.165) is 32.0 Å². The van der Waals surface area contributed by atoms with Crippen molar-refractivity contribution in [2.75, 3.05) is 19.6 Å². The van der Waals surface area contributed by atoms with Gasteiger partial charge < -0.3 is 14.8 Å². The number of piperidine rings is 1. The number of carbonyl (C=O) groups is 1. The van der Waals surface area contributed by atoms with E-state index in [0.29, 0.717) is 6.42 Å². The van der Waals surface area contributed by atoms with Gasteiger partial charge in [-0.1, -0.05) is 0 Å². The summed E-state index contributed by atoms with van der Waals surface area (Å²) in [7, 11) is 2.06. The van der Waals surface area contributed by atoms with Gasteiger partial charge in [0, 0.05) is 44.9 Å². The molecule has 118 valence electrons. The van der Waals surface area contributed by atoms with Crippen LogP contribution in [0.25, 0.3) is 0 Å². The summed E-state index contributed by atoms with van der Waals surface area (Å²) in [5, 5.41) is 2.95. The summed E-state index contributed by atoms with van der Waals surface area (Å²) >= 11 is 0. The van der Waals surface area contributed by atoms with E-state index in [1.54, 1.807) is 0 Å². The molecule has 21 heavy (non-hydrogen) atoms. The Hall–Kier alpha value is -1.36. The van der Waals surface area contributed by atoms with E-state index in [9.17, 15) is 4.79 Å². The maximum Gasteiger partial charge on any atom is 0.221 e. The van der Waals surface area contributed by atoms with Crippen molar-refractivity contribution < 1.29 is 4.79 Å². The van der Waals surface area contributed by atoms with Gasteiger partial charge in [-0.05, 0) is 45.7 Å². The number of nitrogens with zero attached hydrogens (tertiary/aromatic N) is 3. The maximum atomic E-state index is 11.7. The molecule has 1 aliphatic heterocycles. The quantitative estimate of drug-likeness (QED) is 0.866. The molecule has 1 fully saturated rings. The molecular formula is C16H28N4O. The second-order valence-corrected chi connectivity index (χ2v) is 6.42. The summed E-state index contributed by atoms with van der Waals surface area (Å²) in [6.45, 7) is 7.09. The van der Waals surface area contributed by atoms with Crippen LogP contribution in [-0.4, -0.2) is 46.0 Å². The Balaban J connectivity index is 1.66. The van der Waals surface area contributed by atoms with Crippen molar-refractivity contribution in [3.05, 3.63) is 18.2 Å². The van der Waals surface area contributed by atoms with Gasteiger partial charge in [-0.3, -0.25) is 4.79 Å². The number of aryl methyl sites for hydroxylation is 1. The second-order valence-electron chi connectivity index (χ2n) is 6.42. The Kier molecular flexibility index (Phi) is 5.79. The molecule has 0 unspecified atom stereocenters. The third-order valence-corrected chi connectivity index (χ3v) is 4.20. The number of nitrogens with one attached hydrogen (secondary N) is 1. The normalized spacial score (nSPS) is 17.3. The van der Waals surface area contributed by atoms with Gasteiger partial charge in [-0.2, -0.15) is 0 Å². The third kappa shape index (κ3) is 5.16. The highest BCUT2D eigenvalue weighted by Gasteiger charge is 2.21. The molecule has 5 heteroatoms. The number of likely N-dealkylation sites (tertiary alicyclic amines) is 1. The minimum absolute atomic E-state index is 0.167. The molecule has 0 spiro atoms. The first-order valence-corrected chi connectivity index (χ1v) is 8.02. The summed E-state index contributed by atoms with van der Waals surface area (Å²) in [4.78, 5) is 18.5. The number of hydrogen-bond acceptors (Lipinski definition) is 3. The number of amides is 1.